The third kappa shape index (κ3) is 3.17. The van der Waals surface area contributed by atoms with Crippen molar-refractivity contribution in [2.24, 2.45) is 0 Å². The lowest BCUT2D eigenvalue weighted by Gasteiger charge is -2.19. The minimum absolute atomic E-state index is 0.717. The van der Waals surface area contributed by atoms with Crippen LogP contribution in [-0.4, -0.2) is 42.5 Å². The largest absolute Gasteiger partial charge is 0.380 e. The van der Waals surface area contributed by atoms with Crippen molar-refractivity contribution in [3.63, 3.8) is 0 Å². The molecule has 0 unspecified atom stereocenters. The molecule has 1 aromatic rings. The van der Waals surface area contributed by atoms with Crippen molar-refractivity contribution < 1.29 is 4.74 Å². The van der Waals surface area contributed by atoms with E-state index in [1.54, 1.807) is 0 Å². The van der Waals surface area contributed by atoms with E-state index in [4.69, 9.17) is 4.74 Å². The number of hydrogen-bond donors (Lipinski definition) is 1. The first kappa shape index (κ1) is 11.9. The summed E-state index contributed by atoms with van der Waals surface area (Å²) in [6.07, 6.45) is 3.67. The number of anilines is 1. The fourth-order valence-corrected chi connectivity index (χ4v) is 2.13. The number of nitrogens with one attached hydrogen (secondary N) is 1. The summed E-state index contributed by atoms with van der Waals surface area (Å²) in [5.41, 5.74) is 1.02. The Balaban J connectivity index is 1.58. The minimum Gasteiger partial charge on any atom is -0.380 e. The molecule has 0 atom stereocenters. The monoisotopic (exact) mass is 248 g/mol. The van der Waals surface area contributed by atoms with E-state index in [1.807, 2.05) is 0 Å². The molecule has 0 radical (unpaired) electrons. The van der Waals surface area contributed by atoms with E-state index in [1.165, 1.54) is 12.8 Å². The predicted molar refractivity (Wildman–Crippen MR) is 69.5 cm³/mol. The lowest BCUT2D eigenvalue weighted by Crippen LogP contribution is -2.27. The normalized spacial score (nSPS) is 20.8. The van der Waals surface area contributed by atoms with E-state index in [9.17, 15) is 0 Å². The van der Waals surface area contributed by atoms with Crippen LogP contribution in [0.15, 0.2) is 12.1 Å². The van der Waals surface area contributed by atoms with Crippen LogP contribution in [0.4, 0.5) is 5.82 Å². The Morgan fingerprint density at radius 2 is 2.17 bits per heavy atom. The molecule has 1 saturated carbocycles. The highest BCUT2D eigenvalue weighted by Crippen LogP contribution is 2.19. The molecule has 0 amide bonds. The van der Waals surface area contributed by atoms with Gasteiger partial charge < -0.3 is 15.0 Å². The van der Waals surface area contributed by atoms with Crippen molar-refractivity contribution in [1.82, 2.24) is 15.5 Å². The smallest absolute Gasteiger partial charge is 0.151 e. The molecular formula is C13H20N4O. The van der Waals surface area contributed by atoms with E-state index in [-0.39, 0.29) is 0 Å². The molecule has 0 bridgehead atoms. The van der Waals surface area contributed by atoms with Gasteiger partial charge in [-0.15, -0.1) is 5.10 Å². The second kappa shape index (κ2) is 5.63. The molecule has 5 heteroatoms. The molecule has 1 saturated heterocycles. The molecule has 3 rings (SSSR count). The van der Waals surface area contributed by atoms with Crippen LogP contribution in [0, 0.1) is 0 Å². The van der Waals surface area contributed by atoms with E-state index in [0.717, 1.165) is 50.8 Å². The maximum Gasteiger partial charge on any atom is 0.151 e. The van der Waals surface area contributed by atoms with Crippen LogP contribution in [0.1, 0.15) is 25.0 Å². The molecule has 1 aliphatic heterocycles. The third-order valence-corrected chi connectivity index (χ3v) is 3.40. The average Bonchev–Trinajstić information content (AvgIpc) is 3.24. The molecule has 98 valence electrons. The summed E-state index contributed by atoms with van der Waals surface area (Å²) in [5.74, 6) is 0.968. The average molecular weight is 248 g/mol. The van der Waals surface area contributed by atoms with Gasteiger partial charge in [0.2, 0.25) is 0 Å². The maximum absolute atomic E-state index is 5.44. The Labute approximate surface area is 108 Å². The summed E-state index contributed by atoms with van der Waals surface area (Å²) in [4.78, 5) is 2.25. The van der Waals surface area contributed by atoms with E-state index >= 15 is 0 Å². The van der Waals surface area contributed by atoms with Crippen LogP contribution in [0.2, 0.25) is 0 Å². The van der Waals surface area contributed by atoms with E-state index in [2.05, 4.69) is 32.5 Å². The van der Waals surface area contributed by atoms with Crippen LogP contribution in [0.3, 0.4) is 0 Å². The van der Waals surface area contributed by atoms with Crippen LogP contribution < -0.4 is 10.2 Å². The van der Waals surface area contributed by atoms with Gasteiger partial charge in [-0.2, -0.15) is 5.10 Å². The highest BCUT2D eigenvalue weighted by atomic mass is 16.5. The van der Waals surface area contributed by atoms with Crippen molar-refractivity contribution >= 4 is 5.82 Å². The lowest BCUT2D eigenvalue weighted by atomic mass is 10.3. The summed E-state index contributed by atoms with van der Waals surface area (Å²) < 4.78 is 5.44. The number of nitrogens with zero attached hydrogens (tertiary/aromatic N) is 3. The van der Waals surface area contributed by atoms with Crippen LogP contribution in [0.5, 0.6) is 0 Å². The van der Waals surface area contributed by atoms with Gasteiger partial charge in [-0.25, -0.2) is 0 Å². The molecule has 2 aliphatic rings. The maximum atomic E-state index is 5.44. The van der Waals surface area contributed by atoms with Gasteiger partial charge in [0.1, 0.15) is 0 Å². The van der Waals surface area contributed by atoms with Crippen LogP contribution in [-0.2, 0) is 11.3 Å². The molecule has 0 aromatic carbocycles. The van der Waals surface area contributed by atoms with Crippen molar-refractivity contribution in [3.8, 4) is 0 Å². The van der Waals surface area contributed by atoms with Crippen LogP contribution in [0.25, 0.3) is 0 Å². The fourth-order valence-electron chi connectivity index (χ4n) is 2.13. The summed E-state index contributed by atoms with van der Waals surface area (Å²) >= 11 is 0. The zero-order valence-electron chi connectivity index (χ0n) is 10.6. The quantitative estimate of drug-likeness (QED) is 0.860. The van der Waals surface area contributed by atoms with Gasteiger partial charge in [0, 0.05) is 32.3 Å². The molecular weight excluding hydrogens is 228 g/mol. The highest BCUT2D eigenvalue weighted by molar-refractivity contribution is 5.37. The second-order valence-corrected chi connectivity index (χ2v) is 4.99. The Bertz CT molecular complexity index is 369. The zero-order chi connectivity index (χ0) is 12.2. The van der Waals surface area contributed by atoms with Crippen molar-refractivity contribution in [2.45, 2.75) is 31.8 Å². The van der Waals surface area contributed by atoms with Crippen molar-refractivity contribution in [1.29, 1.82) is 0 Å². The summed E-state index contributed by atoms with van der Waals surface area (Å²) in [6, 6.07) is 4.86. The van der Waals surface area contributed by atoms with Crippen molar-refractivity contribution in [2.75, 3.05) is 31.2 Å². The van der Waals surface area contributed by atoms with Gasteiger partial charge in [0.15, 0.2) is 5.82 Å². The predicted octanol–water partition coefficient (Wildman–Crippen LogP) is 0.955. The first-order valence-corrected chi connectivity index (χ1v) is 6.80. The number of ether oxygens (including phenoxy) is 1. The van der Waals surface area contributed by atoms with E-state index < -0.39 is 0 Å². The molecule has 18 heavy (non-hydrogen) atoms. The standard InChI is InChI=1S/C13H20N4O/c1-6-17(7-9-18-8-1)13-5-4-12(15-16-13)10-14-11-2-3-11/h4-5,11,14H,1-3,6-10H2. The zero-order valence-corrected chi connectivity index (χ0v) is 10.6. The van der Waals surface area contributed by atoms with Gasteiger partial charge in [-0.3, -0.25) is 0 Å². The first-order valence-electron chi connectivity index (χ1n) is 6.80. The van der Waals surface area contributed by atoms with Gasteiger partial charge in [-0.05, 0) is 31.4 Å². The molecule has 5 nitrogen and oxygen atoms in total. The summed E-state index contributed by atoms with van der Waals surface area (Å²) in [6.45, 7) is 4.39. The van der Waals surface area contributed by atoms with E-state index in [0.29, 0.717) is 6.04 Å². The van der Waals surface area contributed by atoms with Gasteiger partial charge >= 0.3 is 0 Å². The SMILES string of the molecule is c1cc(N2CCCOCC2)nnc1CNC1CC1. The minimum atomic E-state index is 0.717. The second-order valence-electron chi connectivity index (χ2n) is 4.99. The van der Waals surface area contributed by atoms with Gasteiger partial charge in [0.05, 0.1) is 12.3 Å². The number of aromatic nitrogens is 2. The Morgan fingerprint density at radius 1 is 1.22 bits per heavy atom. The Morgan fingerprint density at radius 3 is 2.94 bits per heavy atom. The first-order chi connectivity index (χ1) is 8.92. The van der Waals surface area contributed by atoms with Crippen LogP contribution >= 0.6 is 0 Å². The molecule has 1 aliphatic carbocycles. The molecule has 1 N–H and O–H groups in total. The molecule has 0 spiro atoms. The number of hydrogen-bond acceptors (Lipinski definition) is 5. The highest BCUT2D eigenvalue weighted by Gasteiger charge is 2.20. The van der Waals surface area contributed by atoms with Gasteiger partial charge in [-0.1, -0.05) is 0 Å². The molecule has 1 aromatic heterocycles. The lowest BCUT2D eigenvalue weighted by molar-refractivity contribution is 0.152. The molecule has 2 heterocycles. The summed E-state index contributed by atoms with van der Waals surface area (Å²) in [7, 11) is 0. The van der Waals surface area contributed by atoms with Crippen molar-refractivity contribution in [3.05, 3.63) is 17.8 Å². The Hall–Kier alpha value is -1.20. The topological polar surface area (TPSA) is 50.3 Å². The third-order valence-electron chi connectivity index (χ3n) is 3.40. The van der Waals surface area contributed by atoms with Gasteiger partial charge in [0.25, 0.3) is 0 Å². The summed E-state index contributed by atoms with van der Waals surface area (Å²) in [5, 5.41) is 12.1. The molecule has 2 fully saturated rings. The fraction of sp³-hybridized carbons (Fsp3) is 0.692. The number of rotatable bonds is 4. The Kier molecular flexibility index (Phi) is 3.71.